The van der Waals surface area contributed by atoms with Crippen LogP contribution in [-0.4, -0.2) is 21.3 Å². The lowest BCUT2D eigenvalue weighted by Gasteiger charge is -2.09. The third-order valence-electron chi connectivity index (χ3n) is 2.68. The first-order valence-corrected chi connectivity index (χ1v) is 5.53. The zero-order chi connectivity index (χ0) is 13.1. The second-order valence-electron chi connectivity index (χ2n) is 3.83. The van der Waals surface area contributed by atoms with Gasteiger partial charge in [-0.2, -0.15) is 0 Å². The Hall–Kier alpha value is -2.01. The van der Waals surface area contributed by atoms with E-state index >= 15 is 0 Å². The highest BCUT2D eigenvalue weighted by atomic mass is 16.5. The van der Waals surface area contributed by atoms with Crippen molar-refractivity contribution in [2.75, 3.05) is 21.3 Å². The molecule has 0 saturated heterocycles. The Morgan fingerprint density at radius 2 is 1.83 bits per heavy atom. The number of hydrogen-bond acceptors (Lipinski definition) is 5. The average molecular weight is 249 g/mol. The monoisotopic (exact) mass is 249 g/mol. The molecule has 2 aromatic rings. The number of ether oxygens (including phenoxy) is 2. The predicted octanol–water partition coefficient (Wildman–Crippen LogP) is 1.53. The van der Waals surface area contributed by atoms with E-state index in [-0.39, 0.29) is 5.63 Å². The molecule has 18 heavy (non-hydrogen) atoms. The number of rotatable bonds is 4. The van der Waals surface area contributed by atoms with E-state index in [4.69, 9.17) is 13.9 Å². The average Bonchev–Trinajstić information content (AvgIpc) is 2.38. The van der Waals surface area contributed by atoms with Gasteiger partial charge in [0.05, 0.1) is 19.8 Å². The van der Waals surface area contributed by atoms with E-state index in [1.807, 2.05) is 0 Å². The highest BCUT2D eigenvalue weighted by molar-refractivity contribution is 5.81. The molecule has 96 valence electrons. The summed E-state index contributed by atoms with van der Waals surface area (Å²) in [6, 6.07) is 5.23. The molecule has 0 radical (unpaired) electrons. The summed E-state index contributed by atoms with van der Waals surface area (Å²) in [4.78, 5) is 11.7. The van der Waals surface area contributed by atoms with Crippen LogP contribution in [0.5, 0.6) is 11.5 Å². The molecule has 0 amide bonds. The lowest BCUT2D eigenvalue weighted by atomic mass is 10.1. The maximum Gasteiger partial charge on any atom is 0.340 e. The van der Waals surface area contributed by atoms with Crippen molar-refractivity contribution in [3.63, 3.8) is 0 Å². The Morgan fingerprint density at radius 3 is 2.44 bits per heavy atom. The number of nitrogens with one attached hydrogen (secondary N) is 1. The lowest BCUT2D eigenvalue weighted by Crippen LogP contribution is -2.14. The van der Waals surface area contributed by atoms with E-state index in [9.17, 15) is 4.79 Å². The van der Waals surface area contributed by atoms with E-state index in [0.29, 0.717) is 29.2 Å². The van der Waals surface area contributed by atoms with Crippen molar-refractivity contribution in [3.8, 4) is 11.5 Å². The van der Waals surface area contributed by atoms with Gasteiger partial charge in [0, 0.05) is 18.0 Å². The van der Waals surface area contributed by atoms with E-state index < -0.39 is 0 Å². The summed E-state index contributed by atoms with van der Waals surface area (Å²) in [5, 5.41) is 3.73. The van der Waals surface area contributed by atoms with Crippen LogP contribution >= 0.6 is 0 Å². The second-order valence-corrected chi connectivity index (χ2v) is 3.83. The highest BCUT2D eigenvalue weighted by Gasteiger charge is 2.10. The molecule has 2 rings (SSSR count). The summed E-state index contributed by atoms with van der Waals surface area (Å²) >= 11 is 0. The molecule has 1 aromatic carbocycles. The summed E-state index contributed by atoms with van der Waals surface area (Å²) in [6.07, 6.45) is 0. The molecule has 1 aromatic heterocycles. The smallest absolute Gasteiger partial charge is 0.340 e. The van der Waals surface area contributed by atoms with Gasteiger partial charge in [0.2, 0.25) is 0 Å². The molecular formula is C13H15NO4. The standard InChI is InChI=1S/C13H15NO4/c1-14-7-9-4-8-5-11(16-2)12(17-3)6-10(8)18-13(9)15/h4-6,14H,7H2,1-3H3. The lowest BCUT2D eigenvalue weighted by molar-refractivity contribution is 0.355. The summed E-state index contributed by atoms with van der Waals surface area (Å²) in [5.74, 6) is 1.14. The van der Waals surface area contributed by atoms with Gasteiger partial charge in [0.1, 0.15) is 5.58 Å². The van der Waals surface area contributed by atoms with Gasteiger partial charge in [-0.1, -0.05) is 0 Å². The quantitative estimate of drug-likeness (QED) is 0.833. The van der Waals surface area contributed by atoms with Crippen LogP contribution in [0.3, 0.4) is 0 Å². The van der Waals surface area contributed by atoms with Crippen molar-refractivity contribution in [3.05, 3.63) is 34.2 Å². The summed E-state index contributed by atoms with van der Waals surface area (Å²) in [6.45, 7) is 0.465. The van der Waals surface area contributed by atoms with E-state index in [2.05, 4.69) is 5.32 Å². The van der Waals surface area contributed by atoms with E-state index in [1.54, 1.807) is 32.4 Å². The van der Waals surface area contributed by atoms with Gasteiger partial charge >= 0.3 is 5.63 Å². The van der Waals surface area contributed by atoms with Crippen molar-refractivity contribution in [2.45, 2.75) is 6.54 Å². The molecule has 0 atom stereocenters. The summed E-state index contributed by atoms with van der Waals surface area (Å²) < 4.78 is 15.6. The van der Waals surface area contributed by atoms with Gasteiger partial charge in [0.25, 0.3) is 0 Å². The molecule has 1 N–H and O–H groups in total. The van der Waals surface area contributed by atoms with Crippen LogP contribution in [0.4, 0.5) is 0 Å². The molecule has 0 bridgehead atoms. The van der Waals surface area contributed by atoms with Gasteiger partial charge in [0.15, 0.2) is 11.5 Å². The fourth-order valence-corrected chi connectivity index (χ4v) is 1.80. The molecule has 0 spiro atoms. The Balaban J connectivity index is 2.66. The Bertz CT molecular complexity index is 618. The van der Waals surface area contributed by atoms with Gasteiger partial charge in [-0.05, 0) is 19.2 Å². The number of hydrogen-bond donors (Lipinski definition) is 1. The van der Waals surface area contributed by atoms with Crippen molar-refractivity contribution < 1.29 is 13.9 Å². The maximum atomic E-state index is 11.7. The third-order valence-corrected chi connectivity index (χ3v) is 2.68. The molecule has 1 heterocycles. The van der Waals surface area contributed by atoms with Crippen LogP contribution in [0.2, 0.25) is 0 Å². The second kappa shape index (κ2) is 5.10. The fourth-order valence-electron chi connectivity index (χ4n) is 1.80. The molecule has 0 fully saturated rings. The van der Waals surface area contributed by atoms with Crippen LogP contribution in [-0.2, 0) is 6.54 Å². The Labute approximate surface area is 104 Å². The van der Waals surface area contributed by atoms with Crippen molar-refractivity contribution >= 4 is 11.0 Å². The molecule has 0 aliphatic heterocycles. The van der Waals surface area contributed by atoms with Crippen molar-refractivity contribution in [2.24, 2.45) is 0 Å². The molecule has 5 nitrogen and oxygen atoms in total. The molecule has 0 unspecified atom stereocenters. The van der Waals surface area contributed by atoms with Crippen molar-refractivity contribution in [1.82, 2.24) is 5.32 Å². The van der Waals surface area contributed by atoms with Crippen LogP contribution in [0.15, 0.2) is 27.4 Å². The molecule has 0 aliphatic carbocycles. The minimum Gasteiger partial charge on any atom is -0.493 e. The molecule has 0 aliphatic rings. The largest absolute Gasteiger partial charge is 0.493 e. The van der Waals surface area contributed by atoms with Gasteiger partial charge in [-0.25, -0.2) is 4.79 Å². The minimum atomic E-state index is -0.343. The first-order valence-electron chi connectivity index (χ1n) is 5.53. The minimum absolute atomic E-state index is 0.343. The SMILES string of the molecule is CNCc1cc2cc(OC)c(OC)cc2oc1=O. The Kier molecular flexibility index (Phi) is 3.53. The molecular weight excluding hydrogens is 234 g/mol. The van der Waals surface area contributed by atoms with Gasteiger partial charge in [-0.15, -0.1) is 0 Å². The zero-order valence-corrected chi connectivity index (χ0v) is 10.6. The third kappa shape index (κ3) is 2.17. The number of benzene rings is 1. The topological polar surface area (TPSA) is 60.7 Å². The summed E-state index contributed by atoms with van der Waals surface area (Å²) in [7, 11) is 4.88. The predicted molar refractivity (Wildman–Crippen MR) is 68.4 cm³/mol. The number of methoxy groups -OCH3 is 2. The maximum absolute atomic E-state index is 11.7. The van der Waals surface area contributed by atoms with Gasteiger partial charge in [-0.3, -0.25) is 0 Å². The summed E-state index contributed by atoms with van der Waals surface area (Å²) in [5.41, 5.74) is 0.721. The first kappa shape index (κ1) is 12.4. The molecule has 0 saturated carbocycles. The van der Waals surface area contributed by atoms with Crippen molar-refractivity contribution in [1.29, 1.82) is 0 Å². The normalized spacial score (nSPS) is 10.6. The highest BCUT2D eigenvalue weighted by Crippen LogP contribution is 2.31. The van der Waals surface area contributed by atoms with Crippen LogP contribution < -0.4 is 20.4 Å². The number of fused-ring (bicyclic) bond motifs is 1. The van der Waals surface area contributed by atoms with E-state index in [1.165, 1.54) is 7.11 Å². The Morgan fingerprint density at radius 1 is 1.17 bits per heavy atom. The van der Waals surface area contributed by atoms with Crippen LogP contribution in [0.1, 0.15) is 5.56 Å². The fraction of sp³-hybridized carbons (Fsp3) is 0.308. The van der Waals surface area contributed by atoms with Crippen LogP contribution in [0.25, 0.3) is 11.0 Å². The van der Waals surface area contributed by atoms with Gasteiger partial charge < -0.3 is 19.2 Å². The molecule has 5 heteroatoms. The zero-order valence-electron chi connectivity index (χ0n) is 10.6. The van der Waals surface area contributed by atoms with Crippen LogP contribution in [0, 0.1) is 0 Å². The van der Waals surface area contributed by atoms with E-state index in [0.717, 1.165) is 5.39 Å². The first-order chi connectivity index (χ1) is 8.69.